The zero-order valence-corrected chi connectivity index (χ0v) is 16.7. The second-order valence-electron chi connectivity index (χ2n) is 6.56. The van der Waals surface area contributed by atoms with Crippen molar-refractivity contribution in [3.63, 3.8) is 0 Å². The SMILES string of the molecule is O=C(N=C1S[C@@H]2CS(=O)(=O)C[C@@H]2N1/N=C\c1ccc(Cl)cc1Cl)C1CC1. The Kier molecular flexibility index (Phi) is 4.79. The summed E-state index contributed by atoms with van der Waals surface area (Å²) in [6.45, 7) is 0. The average Bonchev–Trinajstić information content (AvgIpc) is 3.29. The number of hydrazone groups is 1. The summed E-state index contributed by atoms with van der Waals surface area (Å²) < 4.78 is 23.9. The summed E-state index contributed by atoms with van der Waals surface area (Å²) in [6.07, 6.45) is 3.28. The molecule has 1 saturated carbocycles. The van der Waals surface area contributed by atoms with Crippen molar-refractivity contribution in [3.8, 4) is 0 Å². The van der Waals surface area contributed by atoms with Crippen molar-refractivity contribution in [3.05, 3.63) is 33.8 Å². The van der Waals surface area contributed by atoms with Crippen molar-refractivity contribution >= 4 is 62.1 Å². The van der Waals surface area contributed by atoms with E-state index in [1.165, 1.54) is 11.8 Å². The standard InChI is InChI=1S/C16H15Cl2N3O3S2/c17-11-4-3-10(12(18)5-11)6-19-21-13-7-26(23,24)8-14(13)25-16(21)20-15(22)9-1-2-9/h3-6,9,13-14H,1-2,7-8H2/b19-6-,20-16?/t13-,14+/m0/s1. The predicted octanol–water partition coefficient (Wildman–Crippen LogP) is 2.83. The number of thioether (sulfide) groups is 1. The minimum absolute atomic E-state index is 0.00353. The highest BCUT2D eigenvalue weighted by molar-refractivity contribution is 8.15. The van der Waals surface area contributed by atoms with Gasteiger partial charge in [-0.25, -0.2) is 13.4 Å². The molecule has 10 heteroatoms. The first-order valence-corrected chi connectivity index (χ1v) is 11.6. The number of hydrogen-bond acceptors (Lipinski definition) is 5. The second-order valence-corrected chi connectivity index (χ2v) is 10.8. The third-order valence-electron chi connectivity index (χ3n) is 4.46. The fourth-order valence-corrected chi connectivity index (χ4v) is 7.23. The van der Waals surface area contributed by atoms with Crippen molar-refractivity contribution in [2.24, 2.45) is 16.0 Å². The molecule has 2 heterocycles. The molecule has 2 atom stereocenters. The molecule has 4 rings (SSSR count). The van der Waals surface area contributed by atoms with E-state index >= 15 is 0 Å². The van der Waals surface area contributed by atoms with Crippen molar-refractivity contribution in [2.45, 2.75) is 24.1 Å². The number of aliphatic imine (C=N–C) groups is 1. The van der Waals surface area contributed by atoms with Gasteiger partial charge in [0.2, 0.25) is 0 Å². The molecule has 2 saturated heterocycles. The van der Waals surface area contributed by atoms with Crippen LogP contribution in [0.4, 0.5) is 0 Å². The number of carbonyl (C=O) groups is 1. The fraction of sp³-hybridized carbons (Fsp3) is 0.438. The first kappa shape index (κ1) is 18.3. The molecule has 0 N–H and O–H groups in total. The van der Waals surface area contributed by atoms with E-state index in [4.69, 9.17) is 23.2 Å². The molecule has 0 aromatic heterocycles. The van der Waals surface area contributed by atoms with Crippen molar-refractivity contribution in [1.29, 1.82) is 0 Å². The normalized spacial score (nSPS) is 28.8. The summed E-state index contributed by atoms with van der Waals surface area (Å²) in [5.41, 5.74) is 0.651. The topological polar surface area (TPSA) is 79.2 Å². The largest absolute Gasteiger partial charge is 0.272 e. The summed E-state index contributed by atoms with van der Waals surface area (Å²) in [7, 11) is -3.11. The molecule has 26 heavy (non-hydrogen) atoms. The van der Waals surface area contributed by atoms with Gasteiger partial charge in [-0.3, -0.25) is 4.79 Å². The molecule has 6 nitrogen and oxygen atoms in total. The molecular formula is C16H15Cl2N3O3S2. The zero-order chi connectivity index (χ0) is 18.5. The van der Waals surface area contributed by atoms with E-state index in [0.29, 0.717) is 20.8 Å². The van der Waals surface area contributed by atoms with E-state index in [-0.39, 0.29) is 34.6 Å². The summed E-state index contributed by atoms with van der Waals surface area (Å²) in [5.74, 6) is -0.0662. The van der Waals surface area contributed by atoms with Gasteiger partial charge in [0, 0.05) is 16.5 Å². The molecule has 1 aromatic rings. The molecule has 0 bridgehead atoms. The molecule has 0 spiro atoms. The van der Waals surface area contributed by atoms with Crippen LogP contribution in [0.1, 0.15) is 18.4 Å². The Hall–Kier alpha value is -1.09. The van der Waals surface area contributed by atoms with Crippen LogP contribution in [0.3, 0.4) is 0 Å². The number of nitrogens with zero attached hydrogens (tertiary/aromatic N) is 3. The summed E-state index contributed by atoms with van der Waals surface area (Å²) in [5, 5.41) is 7.24. The highest BCUT2D eigenvalue weighted by Crippen LogP contribution is 2.39. The third kappa shape index (κ3) is 3.78. The van der Waals surface area contributed by atoms with Gasteiger partial charge in [0.25, 0.3) is 5.91 Å². The van der Waals surface area contributed by atoms with Crippen LogP contribution < -0.4 is 0 Å². The predicted molar refractivity (Wildman–Crippen MR) is 105 cm³/mol. The van der Waals surface area contributed by atoms with E-state index in [1.54, 1.807) is 29.4 Å². The van der Waals surface area contributed by atoms with Gasteiger partial charge in [0.1, 0.15) is 0 Å². The van der Waals surface area contributed by atoms with E-state index < -0.39 is 9.84 Å². The number of halogens is 2. The highest BCUT2D eigenvalue weighted by atomic mass is 35.5. The van der Waals surface area contributed by atoms with Gasteiger partial charge < -0.3 is 0 Å². The van der Waals surface area contributed by atoms with Crippen LogP contribution in [-0.4, -0.2) is 53.5 Å². The Balaban J connectivity index is 1.63. The number of fused-ring (bicyclic) bond motifs is 1. The van der Waals surface area contributed by atoms with Gasteiger partial charge in [0.05, 0.1) is 34.0 Å². The molecule has 1 amide bonds. The second kappa shape index (κ2) is 6.82. The number of amidine groups is 1. The lowest BCUT2D eigenvalue weighted by molar-refractivity contribution is -0.118. The maximum atomic E-state index is 12.1. The number of sulfone groups is 1. The Morgan fingerprint density at radius 1 is 1.27 bits per heavy atom. The number of carbonyl (C=O) groups excluding carboxylic acids is 1. The Morgan fingerprint density at radius 3 is 2.73 bits per heavy atom. The fourth-order valence-electron chi connectivity index (χ4n) is 2.93. The van der Waals surface area contributed by atoms with Crippen LogP contribution in [-0.2, 0) is 14.6 Å². The van der Waals surface area contributed by atoms with Crippen molar-refractivity contribution < 1.29 is 13.2 Å². The molecule has 2 aliphatic heterocycles. The molecule has 0 unspecified atom stereocenters. The summed E-state index contributed by atoms with van der Waals surface area (Å²) >= 11 is 13.4. The van der Waals surface area contributed by atoms with Gasteiger partial charge >= 0.3 is 0 Å². The number of amides is 1. The lowest BCUT2D eigenvalue weighted by Gasteiger charge is -2.18. The zero-order valence-electron chi connectivity index (χ0n) is 13.5. The first-order chi connectivity index (χ1) is 12.3. The molecule has 1 aromatic carbocycles. The lowest BCUT2D eigenvalue weighted by Crippen LogP contribution is -2.33. The minimum atomic E-state index is -3.11. The summed E-state index contributed by atoms with van der Waals surface area (Å²) in [6, 6.07) is 4.71. The van der Waals surface area contributed by atoms with E-state index in [2.05, 4.69) is 10.1 Å². The molecular weight excluding hydrogens is 417 g/mol. The van der Waals surface area contributed by atoms with E-state index in [1.807, 2.05) is 0 Å². The average molecular weight is 432 g/mol. The lowest BCUT2D eigenvalue weighted by atomic mass is 10.2. The van der Waals surface area contributed by atoms with Crippen LogP contribution in [0.5, 0.6) is 0 Å². The van der Waals surface area contributed by atoms with Crippen molar-refractivity contribution in [2.75, 3.05) is 11.5 Å². The van der Waals surface area contributed by atoms with Crippen LogP contribution in [0.25, 0.3) is 0 Å². The Labute approximate surface area is 165 Å². The van der Waals surface area contributed by atoms with E-state index in [9.17, 15) is 13.2 Å². The quantitative estimate of drug-likeness (QED) is 0.687. The number of rotatable bonds is 3. The maximum Gasteiger partial charge on any atom is 0.251 e. The Morgan fingerprint density at radius 2 is 2.04 bits per heavy atom. The molecule has 138 valence electrons. The number of benzene rings is 1. The highest BCUT2D eigenvalue weighted by Gasteiger charge is 2.49. The van der Waals surface area contributed by atoms with Gasteiger partial charge in [-0.2, -0.15) is 10.1 Å². The van der Waals surface area contributed by atoms with Gasteiger partial charge in [-0.1, -0.05) is 41.0 Å². The van der Waals surface area contributed by atoms with E-state index in [0.717, 1.165) is 12.8 Å². The van der Waals surface area contributed by atoms with Crippen LogP contribution in [0.15, 0.2) is 28.3 Å². The molecule has 3 aliphatic rings. The van der Waals surface area contributed by atoms with Gasteiger partial charge in [0.15, 0.2) is 15.0 Å². The van der Waals surface area contributed by atoms with Crippen molar-refractivity contribution in [1.82, 2.24) is 5.01 Å². The molecule has 3 fully saturated rings. The Bertz CT molecular complexity index is 929. The van der Waals surface area contributed by atoms with Crippen LogP contribution in [0, 0.1) is 5.92 Å². The van der Waals surface area contributed by atoms with Gasteiger partial charge in [-0.15, -0.1) is 0 Å². The van der Waals surface area contributed by atoms with Crippen LogP contribution >= 0.6 is 35.0 Å². The van der Waals surface area contributed by atoms with Crippen LogP contribution in [0.2, 0.25) is 10.0 Å². The smallest absolute Gasteiger partial charge is 0.251 e. The first-order valence-electron chi connectivity index (χ1n) is 8.10. The minimum Gasteiger partial charge on any atom is -0.272 e. The van der Waals surface area contributed by atoms with Gasteiger partial charge in [-0.05, 0) is 25.0 Å². The monoisotopic (exact) mass is 431 g/mol. The summed E-state index contributed by atoms with van der Waals surface area (Å²) in [4.78, 5) is 16.3. The third-order valence-corrected chi connectivity index (χ3v) is 8.22. The number of hydrogen-bond donors (Lipinski definition) is 0. The molecule has 1 aliphatic carbocycles. The molecule has 0 radical (unpaired) electrons. The maximum absolute atomic E-state index is 12.1.